The summed E-state index contributed by atoms with van der Waals surface area (Å²) in [4.78, 5) is 16.3. The zero-order chi connectivity index (χ0) is 15.2. The van der Waals surface area contributed by atoms with Crippen molar-refractivity contribution in [3.8, 4) is 12.1 Å². The number of piperazine rings is 1. The fourth-order valence-corrected chi connectivity index (χ4v) is 2.54. The van der Waals surface area contributed by atoms with Gasteiger partial charge in [0.25, 0.3) is 5.91 Å². The number of hydrogen-bond acceptors (Lipinski definition) is 4. The average molecular weight is 282 g/mol. The van der Waals surface area contributed by atoms with Crippen LogP contribution in [0.3, 0.4) is 0 Å². The quantitative estimate of drug-likeness (QED) is 0.844. The van der Waals surface area contributed by atoms with Gasteiger partial charge < -0.3 is 4.90 Å². The van der Waals surface area contributed by atoms with Crippen LogP contribution in [0, 0.1) is 22.7 Å². The van der Waals surface area contributed by atoms with E-state index in [1.54, 1.807) is 24.3 Å². The van der Waals surface area contributed by atoms with E-state index in [2.05, 4.69) is 11.0 Å². The van der Waals surface area contributed by atoms with Crippen molar-refractivity contribution in [3.05, 3.63) is 35.4 Å². The molecule has 1 aliphatic rings. The lowest BCUT2D eigenvalue weighted by Gasteiger charge is -2.36. The monoisotopic (exact) mass is 282 g/mol. The van der Waals surface area contributed by atoms with Gasteiger partial charge in [-0.2, -0.15) is 10.5 Å². The van der Waals surface area contributed by atoms with Crippen LogP contribution in [0.4, 0.5) is 0 Å². The van der Waals surface area contributed by atoms with Crippen molar-refractivity contribution in [2.75, 3.05) is 26.2 Å². The van der Waals surface area contributed by atoms with Crippen molar-refractivity contribution in [2.24, 2.45) is 0 Å². The Morgan fingerprint density at radius 3 is 2.29 bits per heavy atom. The molecule has 0 aliphatic carbocycles. The molecule has 0 radical (unpaired) electrons. The van der Waals surface area contributed by atoms with Gasteiger partial charge in [0.2, 0.25) is 0 Å². The number of nitrogens with zero attached hydrogens (tertiary/aromatic N) is 4. The molecule has 1 heterocycles. The van der Waals surface area contributed by atoms with E-state index in [4.69, 9.17) is 10.5 Å². The summed E-state index contributed by atoms with van der Waals surface area (Å²) in [6.45, 7) is 4.73. The van der Waals surface area contributed by atoms with E-state index in [0.29, 0.717) is 24.2 Å². The fourth-order valence-electron chi connectivity index (χ4n) is 2.54. The minimum atomic E-state index is -0.0582. The second kappa shape index (κ2) is 6.88. The molecule has 5 heteroatoms. The maximum absolute atomic E-state index is 12.4. The summed E-state index contributed by atoms with van der Waals surface area (Å²) in [7, 11) is 0. The summed E-state index contributed by atoms with van der Waals surface area (Å²) in [6.07, 6.45) is 0.806. The van der Waals surface area contributed by atoms with Crippen molar-refractivity contribution in [3.63, 3.8) is 0 Å². The Bertz CT molecular complexity index is 574. The topological polar surface area (TPSA) is 71.1 Å². The minimum absolute atomic E-state index is 0.0101. The van der Waals surface area contributed by atoms with E-state index in [1.807, 2.05) is 17.9 Å². The summed E-state index contributed by atoms with van der Waals surface area (Å²) in [6, 6.07) is 11.0. The third-order valence-electron chi connectivity index (χ3n) is 3.84. The van der Waals surface area contributed by atoms with E-state index >= 15 is 0 Å². The molecule has 0 saturated carbocycles. The van der Waals surface area contributed by atoms with Gasteiger partial charge in [0.1, 0.15) is 0 Å². The van der Waals surface area contributed by atoms with Gasteiger partial charge in [-0.3, -0.25) is 9.69 Å². The molecule has 0 aromatic heterocycles. The number of rotatable bonds is 3. The predicted molar refractivity (Wildman–Crippen MR) is 78.3 cm³/mol. The minimum Gasteiger partial charge on any atom is -0.336 e. The third kappa shape index (κ3) is 3.39. The summed E-state index contributed by atoms with van der Waals surface area (Å²) in [5.74, 6) is -0.0101. The first-order valence-electron chi connectivity index (χ1n) is 7.12. The van der Waals surface area contributed by atoms with Gasteiger partial charge in [0.05, 0.1) is 23.7 Å². The Kier molecular flexibility index (Phi) is 4.92. The van der Waals surface area contributed by atoms with Crippen LogP contribution >= 0.6 is 0 Å². The van der Waals surface area contributed by atoms with Gasteiger partial charge in [0.15, 0.2) is 0 Å². The van der Waals surface area contributed by atoms with Gasteiger partial charge >= 0.3 is 0 Å². The molecule has 0 N–H and O–H groups in total. The number of carbonyl (C=O) groups is 1. The maximum Gasteiger partial charge on any atom is 0.253 e. The van der Waals surface area contributed by atoms with Crippen LogP contribution in [-0.2, 0) is 0 Å². The fraction of sp³-hybridized carbons (Fsp3) is 0.438. The largest absolute Gasteiger partial charge is 0.336 e. The normalized spacial score (nSPS) is 16.8. The molecular formula is C16H18N4O. The van der Waals surface area contributed by atoms with Crippen molar-refractivity contribution in [1.29, 1.82) is 10.5 Å². The Balaban J connectivity index is 1.97. The lowest BCUT2D eigenvalue weighted by Crippen LogP contribution is -2.51. The molecule has 5 nitrogen and oxygen atoms in total. The predicted octanol–water partition coefficient (Wildman–Crippen LogP) is 1.62. The summed E-state index contributed by atoms with van der Waals surface area (Å²) >= 11 is 0. The van der Waals surface area contributed by atoms with Crippen LogP contribution < -0.4 is 0 Å². The van der Waals surface area contributed by atoms with Crippen LogP contribution in [0.2, 0.25) is 0 Å². The van der Waals surface area contributed by atoms with Crippen LogP contribution in [0.1, 0.15) is 29.3 Å². The maximum atomic E-state index is 12.4. The zero-order valence-corrected chi connectivity index (χ0v) is 12.1. The smallest absolute Gasteiger partial charge is 0.253 e. The summed E-state index contributed by atoms with van der Waals surface area (Å²) < 4.78 is 0. The highest BCUT2D eigenvalue weighted by molar-refractivity contribution is 5.94. The Morgan fingerprint density at radius 2 is 1.81 bits per heavy atom. The molecule has 1 saturated heterocycles. The van der Waals surface area contributed by atoms with Gasteiger partial charge in [-0.1, -0.05) is 6.92 Å². The van der Waals surface area contributed by atoms with E-state index in [0.717, 1.165) is 19.5 Å². The molecule has 1 amide bonds. The van der Waals surface area contributed by atoms with E-state index < -0.39 is 0 Å². The van der Waals surface area contributed by atoms with Gasteiger partial charge in [0, 0.05) is 31.7 Å². The highest BCUT2D eigenvalue weighted by atomic mass is 16.2. The molecule has 1 fully saturated rings. The molecule has 0 spiro atoms. The molecule has 1 aromatic rings. The summed E-state index contributed by atoms with van der Waals surface area (Å²) in [5.41, 5.74) is 1.16. The van der Waals surface area contributed by atoms with E-state index in [1.165, 1.54) is 0 Å². The zero-order valence-electron chi connectivity index (χ0n) is 12.1. The van der Waals surface area contributed by atoms with E-state index in [9.17, 15) is 4.79 Å². The molecule has 2 rings (SSSR count). The van der Waals surface area contributed by atoms with Crippen LogP contribution in [0.25, 0.3) is 0 Å². The van der Waals surface area contributed by atoms with Gasteiger partial charge in [-0.15, -0.1) is 0 Å². The van der Waals surface area contributed by atoms with Crippen molar-refractivity contribution in [1.82, 2.24) is 9.80 Å². The van der Waals surface area contributed by atoms with Crippen LogP contribution in [0.15, 0.2) is 24.3 Å². The van der Waals surface area contributed by atoms with E-state index in [-0.39, 0.29) is 11.9 Å². The highest BCUT2D eigenvalue weighted by Crippen LogP contribution is 2.12. The molecule has 1 aromatic carbocycles. The van der Waals surface area contributed by atoms with Gasteiger partial charge in [-0.25, -0.2) is 0 Å². The summed E-state index contributed by atoms with van der Waals surface area (Å²) in [5, 5.41) is 17.8. The van der Waals surface area contributed by atoms with Crippen molar-refractivity contribution >= 4 is 5.91 Å². The van der Waals surface area contributed by atoms with Gasteiger partial charge in [-0.05, 0) is 30.7 Å². The molecule has 21 heavy (non-hydrogen) atoms. The second-order valence-corrected chi connectivity index (χ2v) is 5.07. The Hall–Kier alpha value is -2.37. The Morgan fingerprint density at radius 1 is 1.19 bits per heavy atom. The number of amides is 1. The second-order valence-electron chi connectivity index (χ2n) is 5.07. The van der Waals surface area contributed by atoms with Crippen LogP contribution in [0.5, 0.6) is 0 Å². The molecule has 1 atom stereocenters. The lowest BCUT2D eigenvalue weighted by molar-refractivity contribution is 0.0604. The Labute approximate surface area is 125 Å². The molecule has 1 unspecified atom stereocenters. The molecule has 108 valence electrons. The average Bonchev–Trinajstić information content (AvgIpc) is 2.56. The number of carbonyl (C=O) groups excluding carboxylic acids is 1. The first-order valence-corrected chi connectivity index (χ1v) is 7.12. The van der Waals surface area contributed by atoms with Crippen molar-refractivity contribution < 1.29 is 4.79 Å². The standard InChI is InChI=1S/C16H18N4O/c1-2-15(12-18)19-7-9-20(10-8-19)16(21)14-5-3-13(11-17)4-6-14/h3-6,15H,2,7-10H2,1H3. The lowest BCUT2D eigenvalue weighted by atomic mass is 10.1. The highest BCUT2D eigenvalue weighted by Gasteiger charge is 2.25. The van der Waals surface area contributed by atoms with Crippen molar-refractivity contribution in [2.45, 2.75) is 19.4 Å². The van der Waals surface area contributed by atoms with Crippen LogP contribution in [-0.4, -0.2) is 47.9 Å². The first-order chi connectivity index (χ1) is 10.2. The third-order valence-corrected chi connectivity index (χ3v) is 3.84. The molecular weight excluding hydrogens is 264 g/mol. The first kappa shape index (κ1) is 15.0. The SMILES string of the molecule is CCC(C#N)N1CCN(C(=O)c2ccc(C#N)cc2)CC1. The number of benzene rings is 1. The molecule has 0 bridgehead atoms. The molecule has 1 aliphatic heterocycles. The number of hydrogen-bond donors (Lipinski definition) is 0. The number of nitriles is 2.